The van der Waals surface area contributed by atoms with Crippen molar-refractivity contribution in [1.82, 2.24) is 19.4 Å². The Kier molecular flexibility index (Phi) is 3.93. The number of allylic oxidation sites excluding steroid dienone is 2. The number of imidazole rings is 1. The maximum Gasteiger partial charge on any atom is 0.180 e. The average Bonchev–Trinajstić information content (AvgIpc) is 3.04. The molecule has 3 heterocycles. The lowest BCUT2D eigenvalue weighted by atomic mass is 9.99. The van der Waals surface area contributed by atoms with Crippen molar-refractivity contribution >= 4 is 17.2 Å². The molecule has 0 fully saturated rings. The molecule has 25 heavy (non-hydrogen) atoms. The van der Waals surface area contributed by atoms with Crippen molar-refractivity contribution in [1.29, 1.82) is 0 Å². The zero-order valence-electron chi connectivity index (χ0n) is 14.1. The Labute approximate surface area is 146 Å². The summed E-state index contributed by atoms with van der Waals surface area (Å²) in [5, 5.41) is 3.39. The molecular weight excluding hydrogens is 312 g/mol. The molecule has 1 aliphatic rings. The summed E-state index contributed by atoms with van der Waals surface area (Å²) in [7, 11) is 0. The van der Waals surface area contributed by atoms with E-state index >= 15 is 0 Å². The fraction of sp³-hybridized carbons (Fsp3) is 0.211. The van der Waals surface area contributed by atoms with E-state index in [2.05, 4.69) is 39.3 Å². The second kappa shape index (κ2) is 6.39. The van der Waals surface area contributed by atoms with Crippen LogP contribution in [-0.2, 0) is 0 Å². The van der Waals surface area contributed by atoms with Gasteiger partial charge in [0.1, 0.15) is 17.2 Å². The number of rotatable bonds is 4. The smallest absolute Gasteiger partial charge is 0.180 e. The first-order chi connectivity index (χ1) is 12.2. The van der Waals surface area contributed by atoms with Crippen LogP contribution in [0.4, 0.5) is 11.5 Å². The summed E-state index contributed by atoms with van der Waals surface area (Å²) in [6.45, 7) is 2.92. The van der Waals surface area contributed by atoms with Gasteiger partial charge in [0.25, 0.3) is 0 Å². The highest BCUT2D eigenvalue weighted by atomic mass is 15.1. The number of anilines is 2. The van der Waals surface area contributed by atoms with Gasteiger partial charge < -0.3 is 11.1 Å². The van der Waals surface area contributed by atoms with Crippen molar-refractivity contribution in [3.8, 4) is 11.5 Å². The van der Waals surface area contributed by atoms with Crippen molar-refractivity contribution in [3.05, 3.63) is 60.1 Å². The third-order valence-corrected chi connectivity index (χ3v) is 4.39. The van der Waals surface area contributed by atoms with Crippen molar-refractivity contribution in [2.24, 2.45) is 0 Å². The predicted molar refractivity (Wildman–Crippen MR) is 100 cm³/mol. The third kappa shape index (κ3) is 3.10. The molecule has 3 aromatic rings. The van der Waals surface area contributed by atoms with E-state index in [-0.39, 0.29) is 0 Å². The van der Waals surface area contributed by atoms with Crippen LogP contribution >= 0.6 is 0 Å². The number of pyridine rings is 1. The molecule has 0 bridgehead atoms. The summed E-state index contributed by atoms with van der Waals surface area (Å²) in [6.07, 6.45) is 12.2. The quantitative estimate of drug-likeness (QED) is 0.765. The van der Waals surface area contributed by atoms with Crippen LogP contribution in [-0.4, -0.2) is 25.9 Å². The fourth-order valence-corrected chi connectivity index (χ4v) is 2.99. The Morgan fingerprint density at radius 1 is 1.16 bits per heavy atom. The maximum absolute atomic E-state index is 5.89. The number of fused-ring (bicyclic) bond motifs is 1. The van der Waals surface area contributed by atoms with Gasteiger partial charge in [-0.25, -0.2) is 15.0 Å². The van der Waals surface area contributed by atoms with E-state index in [0.717, 1.165) is 36.5 Å². The largest absolute Gasteiger partial charge is 0.398 e. The first-order valence-electron chi connectivity index (χ1n) is 8.37. The average molecular weight is 332 g/mol. The van der Waals surface area contributed by atoms with Crippen molar-refractivity contribution in [2.75, 3.05) is 17.6 Å². The third-order valence-electron chi connectivity index (χ3n) is 4.39. The predicted octanol–water partition coefficient (Wildman–Crippen LogP) is 3.45. The summed E-state index contributed by atoms with van der Waals surface area (Å²) >= 11 is 0. The summed E-state index contributed by atoms with van der Waals surface area (Å²) < 4.78 is 1.91. The molecule has 126 valence electrons. The molecule has 0 spiro atoms. The Hall–Kier alpha value is -3.15. The molecule has 6 heteroatoms. The van der Waals surface area contributed by atoms with E-state index in [0.29, 0.717) is 11.5 Å². The molecule has 0 amide bonds. The minimum Gasteiger partial charge on any atom is -0.398 e. The SMILES string of the molecule is CC1=CCCC=C1CNc1ccnc(-c2cnc3ccc(N)cn23)n1. The molecule has 0 aliphatic heterocycles. The summed E-state index contributed by atoms with van der Waals surface area (Å²) in [5.41, 5.74) is 10.9. The van der Waals surface area contributed by atoms with Crippen LogP contribution in [0.1, 0.15) is 19.8 Å². The van der Waals surface area contributed by atoms with Crippen LogP contribution < -0.4 is 11.1 Å². The van der Waals surface area contributed by atoms with Crippen LogP contribution in [0.25, 0.3) is 17.2 Å². The molecular formula is C19H20N6. The van der Waals surface area contributed by atoms with Gasteiger partial charge in [0.15, 0.2) is 5.82 Å². The van der Waals surface area contributed by atoms with Gasteiger partial charge >= 0.3 is 0 Å². The Bertz CT molecular complexity index is 982. The van der Waals surface area contributed by atoms with Crippen molar-refractivity contribution < 1.29 is 0 Å². The van der Waals surface area contributed by atoms with Gasteiger partial charge in [-0.05, 0) is 43.5 Å². The highest BCUT2D eigenvalue weighted by Crippen LogP contribution is 2.21. The number of aromatic nitrogens is 4. The van der Waals surface area contributed by atoms with Crippen LogP contribution in [0, 0.1) is 0 Å². The van der Waals surface area contributed by atoms with Crippen LogP contribution in [0.15, 0.2) is 60.1 Å². The number of nitrogen functional groups attached to an aromatic ring is 1. The second-order valence-corrected chi connectivity index (χ2v) is 6.15. The van der Waals surface area contributed by atoms with E-state index in [9.17, 15) is 0 Å². The molecule has 0 aromatic carbocycles. The number of nitrogens with two attached hydrogens (primary N) is 1. The minimum atomic E-state index is 0.619. The summed E-state index contributed by atoms with van der Waals surface area (Å²) in [6, 6.07) is 5.59. The molecule has 1 aliphatic carbocycles. The number of hydrogen-bond donors (Lipinski definition) is 2. The van der Waals surface area contributed by atoms with Gasteiger partial charge in [-0.2, -0.15) is 0 Å². The first kappa shape index (κ1) is 15.4. The lowest BCUT2D eigenvalue weighted by molar-refractivity contribution is 0.972. The van der Waals surface area contributed by atoms with Gasteiger partial charge in [-0.1, -0.05) is 17.7 Å². The molecule has 3 aromatic heterocycles. The topological polar surface area (TPSA) is 81.1 Å². The fourth-order valence-electron chi connectivity index (χ4n) is 2.99. The molecule has 4 rings (SSSR count). The summed E-state index contributed by atoms with van der Waals surface area (Å²) in [4.78, 5) is 13.4. The Balaban J connectivity index is 1.60. The highest BCUT2D eigenvalue weighted by molar-refractivity contribution is 5.60. The van der Waals surface area contributed by atoms with E-state index in [1.807, 2.05) is 28.8 Å². The van der Waals surface area contributed by atoms with Crippen LogP contribution in [0.3, 0.4) is 0 Å². The maximum atomic E-state index is 5.89. The highest BCUT2D eigenvalue weighted by Gasteiger charge is 2.10. The molecule has 0 saturated heterocycles. The second-order valence-electron chi connectivity index (χ2n) is 6.15. The first-order valence-corrected chi connectivity index (χ1v) is 8.37. The Morgan fingerprint density at radius 3 is 2.92 bits per heavy atom. The van der Waals surface area contributed by atoms with Gasteiger partial charge in [0.2, 0.25) is 0 Å². The zero-order valence-corrected chi connectivity index (χ0v) is 14.1. The molecule has 0 saturated carbocycles. The normalized spacial score (nSPS) is 14.3. The van der Waals surface area contributed by atoms with Crippen LogP contribution in [0.5, 0.6) is 0 Å². The summed E-state index contributed by atoms with van der Waals surface area (Å²) in [5.74, 6) is 1.41. The molecule has 0 atom stereocenters. The van der Waals surface area contributed by atoms with Crippen molar-refractivity contribution in [3.63, 3.8) is 0 Å². The lowest BCUT2D eigenvalue weighted by Crippen LogP contribution is -2.09. The van der Waals surface area contributed by atoms with Gasteiger partial charge in [0.05, 0.1) is 6.20 Å². The van der Waals surface area contributed by atoms with E-state index < -0.39 is 0 Å². The molecule has 6 nitrogen and oxygen atoms in total. The monoisotopic (exact) mass is 332 g/mol. The van der Waals surface area contributed by atoms with Gasteiger partial charge in [-0.3, -0.25) is 4.40 Å². The van der Waals surface area contributed by atoms with Gasteiger partial charge in [0, 0.05) is 24.6 Å². The van der Waals surface area contributed by atoms with E-state index in [4.69, 9.17) is 5.73 Å². The molecule has 3 N–H and O–H groups in total. The molecule has 0 radical (unpaired) electrons. The number of nitrogens with one attached hydrogen (secondary N) is 1. The van der Waals surface area contributed by atoms with Gasteiger partial charge in [-0.15, -0.1) is 0 Å². The minimum absolute atomic E-state index is 0.619. The standard InChI is InChI=1S/C19H20N6/c1-13-4-2-3-5-14(13)10-22-17-8-9-21-19(24-17)16-11-23-18-7-6-15(20)12-25(16)18/h4-9,11-12H,2-3,10,20H2,1H3,(H,21,22,24). The van der Waals surface area contributed by atoms with E-state index in [1.54, 1.807) is 12.4 Å². The number of nitrogens with zero attached hydrogens (tertiary/aromatic N) is 4. The lowest BCUT2D eigenvalue weighted by Gasteiger charge is -2.14. The zero-order chi connectivity index (χ0) is 17.2. The van der Waals surface area contributed by atoms with Crippen LogP contribution in [0.2, 0.25) is 0 Å². The molecule has 0 unspecified atom stereocenters. The van der Waals surface area contributed by atoms with Crippen molar-refractivity contribution in [2.45, 2.75) is 19.8 Å². The number of hydrogen-bond acceptors (Lipinski definition) is 5. The van der Waals surface area contributed by atoms with E-state index in [1.165, 1.54) is 11.1 Å². The Morgan fingerprint density at radius 2 is 2.04 bits per heavy atom.